The summed E-state index contributed by atoms with van der Waals surface area (Å²) in [5.41, 5.74) is 2.68. The normalized spacial score (nSPS) is 18.6. The molecule has 1 amide bonds. The molecule has 1 unspecified atom stereocenters. The molecule has 1 aliphatic heterocycles. The van der Waals surface area contributed by atoms with E-state index < -0.39 is 9.84 Å². The second-order valence-corrected chi connectivity index (χ2v) is 8.72. The molecule has 0 bridgehead atoms. The molecule has 1 fully saturated rings. The van der Waals surface area contributed by atoms with Crippen LogP contribution in [0.4, 0.5) is 0 Å². The number of nitrogens with zero attached hydrogens (tertiary/aromatic N) is 1. The van der Waals surface area contributed by atoms with Crippen molar-refractivity contribution in [3.63, 3.8) is 0 Å². The summed E-state index contributed by atoms with van der Waals surface area (Å²) in [7, 11) is -1.49. The standard InChI is InChI=1S/C20H23NO4S/c1-25-13-12-21(19-11-14-26(23,24)15-19)20(22)18-9-7-17(8-10-18)16-5-3-2-4-6-16/h2-10,19H,11-15H2,1H3. The van der Waals surface area contributed by atoms with Crippen LogP contribution in [0.2, 0.25) is 0 Å². The highest BCUT2D eigenvalue weighted by Crippen LogP contribution is 2.23. The lowest BCUT2D eigenvalue weighted by Gasteiger charge is -2.28. The van der Waals surface area contributed by atoms with E-state index in [1.807, 2.05) is 42.5 Å². The lowest BCUT2D eigenvalue weighted by molar-refractivity contribution is 0.0624. The molecular formula is C20H23NO4S. The van der Waals surface area contributed by atoms with Gasteiger partial charge < -0.3 is 9.64 Å². The number of hydrogen-bond donors (Lipinski definition) is 0. The first-order chi connectivity index (χ1) is 12.5. The molecule has 1 saturated heterocycles. The van der Waals surface area contributed by atoms with Gasteiger partial charge in [-0.3, -0.25) is 4.79 Å². The zero-order valence-electron chi connectivity index (χ0n) is 14.8. The minimum absolute atomic E-state index is 0.0323. The molecule has 0 aromatic heterocycles. The van der Waals surface area contributed by atoms with Gasteiger partial charge in [0.25, 0.3) is 5.91 Å². The van der Waals surface area contributed by atoms with Crippen LogP contribution in [0.1, 0.15) is 16.8 Å². The molecule has 6 heteroatoms. The zero-order chi connectivity index (χ0) is 18.6. The fraction of sp³-hybridized carbons (Fsp3) is 0.350. The maximum atomic E-state index is 13.0. The van der Waals surface area contributed by atoms with Gasteiger partial charge in [-0.05, 0) is 29.7 Å². The quantitative estimate of drug-likeness (QED) is 0.781. The zero-order valence-corrected chi connectivity index (χ0v) is 15.6. The van der Waals surface area contributed by atoms with E-state index in [4.69, 9.17) is 4.74 Å². The highest BCUT2D eigenvalue weighted by Gasteiger charge is 2.34. The molecule has 1 aliphatic rings. The highest BCUT2D eigenvalue weighted by molar-refractivity contribution is 7.91. The average molecular weight is 373 g/mol. The molecule has 0 saturated carbocycles. The number of benzene rings is 2. The Morgan fingerprint density at radius 3 is 2.31 bits per heavy atom. The number of sulfone groups is 1. The number of rotatable bonds is 6. The minimum atomic E-state index is -3.06. The van der Waals surface area contributed by atoms with Crippen molar-refractivity contribution >= 4 is 15.7 Å². The third kappa shape index (κ3) is 4.31. The molecule has 0 radical (unpaired) electrons. The van der Waals surface area contributed by atoms with Crippen molar-refractivity contribution in [3.8, 4) is 11.1 Å². The van der Waals surface area contributed by atoms with E-state index in [1.54, 1.807) is 24.1 Å². The third-order valence-electron chi connectivity index (χ3n) is 4.69. The SMILES string of the molecule is COCCN(C(=O)c1ccc(-c2ccccc2)cc1)C1CCS(=O)(=O)C1. The summed E-state index contributed by atoms with van der Waals surface area (Å²) in [5, 5.41) is 0. The molecule has 3 rings (SSSR count). The number of ether oxygens (including phenoxy) is 1. The van der Waals surface area contributed by atoms with Gasteiger partial charge in [-0.1, -0.05) is 42.5 Å². The summed E-state index contributed by atoms with van der Waals surface area (Å²) in [5.74, 6) is 0.0233. The van der Waals surface area contributed by atoms with E-state index in [1.165, 1.54) is 0 Å². The molecule has 0 spiro atoms. The van der Waals surface area contributed by atoms with E-state index in [0.29, 0.717) is 25.1 Å². The first kappa shape index (κ1) is 18.6. The topological polar surface area (TPSA) is 63.7 Å². The second kappa shape index (κ2) is 8.01. The molecule has 26 heavy (non-hydrogen) atoms. The first-order valence-electron chi connectivity index (χ1n) is 8.66. The van der Waals surface area contributed by atoms with E-state index in [9.17, 15) is 13.2 Å². The fourth-order valence-corrected chi connectivity index (χ4v) is 4.99. The van der Waals surface area contributed by atoms with Crippen LogP contribution < -0.4 is 0 Å². The third-order valence-corrected chi connectivity index (χ3v) is 6.44. The van der Waals surface area contributed by atoms with Gasteiger partial charge in [-0.2, -0.15) is 0 Å². The van der Waals surface area contributed by atoms with Gasteiger partial charge in [0.1, 0.15) is 0 Å². The maximum Gasteiger partial charge on any atom is 0.254 e. The molecule has 1 atom stereocenters. The van der Waals surface area contributed by atoms with Gasteiger partial charge in [-0.15, -0.1) is 0 Å². The van der Waals surface area contributed by atoms with Crippen molar-refractivity contribution in [1.29, 1.82) is 0 Å². The summed E-state index contributed by atoms with van der Waals surface area (Å²) < 4.78 is 28.7. The van der Waals surface area contributed by atoms with Crippen LogP contribution in [0, 0.1) is 0 Å². The van der Waals surface area contributed by atoms with E-state index in [0.717, 1.165) is 11.1 Å². The Morgan fingerprint density at radius 1 is 1.08 bits per heavy atom. The molecule has 138 valence electrons. The van der Waals surface area contributed by atoms with Crippen molar-refractivity contribution in [1.82, 2.24) is 4.90 Å². The molecule has 5 nitrogen and oxygen atoms in total. The fourth-order valence-electron chi connectivity index (χ4n) is 3.26. The Morgan fingerprint density at radius 2 is 1.73 bits per heavy atom. The van der Waals surface area contributed by atoms with Crippen molar-refractivity contribution in [3.05, 3.63) is 60.2 Å². The summed E-state index contributed by atoms with van der Waals surface area (Å²) in [6.45, 7) is 0.764. The molecule has 0 aliphatic carbocycles. The molecule has 1 heterocycles. The lowest BCUT2D eigenvalue weighted by atomic mass is 10.0. The van der Waals surface area contributed by atoms with Crippen molar-refractivity contribution in [2.24, 2.45) is 0 Å². The largest absolute Gasteiger partial charge is 0.383 e. The Kier molecular flexibility index (Phi) is 5.74. The molecule has 0 N–H and O–H groups in total. The van der Waals surface area contributed by atoms with Crippen molar-refractivity contribution in [2.45, 2.75) is 12.5 Å². The van der Waals surface area contributed by atoms with Gasteiger partial charge in [0.2, 0.25) is 0 Å². The minimum Gasteiger partial charge on any atom is -0.383 e. The van der Waals surface area contributed by atoms with Gasteiger partial charge >= 0.3 is 0 Å². The lowest BCUT2D eigenvalue weighted by Crippen LogP contribution is -2.43. The summed E-state index contributed by atoms with van der Waals surface area (Å²) in [6.07, 6.45) is 0.486. The maximum absolute atomic E-state index is 13.0. The monoisotopic (exact) mass is 373 g/mol. The van der Waals surface area contributed by atoms with Crippen molar-refractivity contribution < 1.29 is 17.9 Å². The predicted octanol–water partition coefficient (Wildman–Crippen LogP) is 2.63. The Hall–Kier alpha value is -2.18. The number of hydrogen-bond acceptors (Lipinski definition) is 4. The van der Waals surface area contributed by atoms with Crippen molar-refractivity contribution in [2.75, 3.05) is 31.8 Å². The first-order valence-corrected chi connectivity index (χ1v) is 10.5. The van der Waals surface area contributed by atoms with Crippen LogP contribution in [0.5, 0.6) is 0 Å². The summed E-state index contributed by atoms with van der Waals surface area (Å²) >= 11 is 0. The number of amides is 1. The van der Waals surface area contributed by atoms with E-state index >= 15 is 0 Å². The van der Waals surface area contributed by atoms with E-state index in [2.05, 4.69) is 0 Å². The highest BCUT2D eigenvalue weighted by atomic mass is 32.2. The second-order valence-electron chi connectivity index (χ2n) is 6.49. The Labute approximate surface area is 154 Å². The number of carbonyl (C=O) groups is 1. The van der Waals surface area contributed by atoms with Crippen LogP contribution >= 0.6 is 0 Å². The van der Waals surface area contributed by atoms with Gasteiger partial charge in [0.05, 0.1) is 18.1 Å². The van der Waals surface area contributed by atoms with Crippen LogP contribution in [0.15, 0.2) is 54.6 Å². The Bertz CT molecular complexity index is 847. The number of carbonyl (C=O) groups excluding carboxylic acids is 1. The Balaban J connectivity index is 1.80. The molecule has 2 aromatic carbocycles. The van der Waals surface area contributed by atoms with Crippen LogP contribution in [-0.2, 0) is 14.6 Å². The molecule has 2 aromatic rings. The average Bonchev–Trinajstić information content (AvgIpc) is 3.02. The predicted molar refractivity (Wildman–Crippen MR) is 102 cm³/mol. The van der Waals surface area contributed by atoms with Crippen LogP contribution in [0.25, 0.3) is 11.1 Å². The smallest absolute Gasteiger partial charge is 0.254 e. The number of methoxy groups -OCH3 is 1. The molecular weight excluding hydrogens is 350 g/mol. The van der Waals surface area contributed by atoms with Gasteiger partial charge in [-0.25, -0.2) is 8.42 Å². The summed E-state index contributed by atoms with van der Waals surface area (Å²) in [6, 6.07) is 17.1. The summed E-state index contributed by atoms with van der Waals surface area (Å²) in [4.78, 5) is 14.6. The van der Waals surface area contributed by atoms with E-state index in [-0.39, 0.29) is 23.5 Å². The van der Waals surface area contributed by atoms with Gasteiger partial charge in [0.15, 0.2) is 9.84 Å². The van der Waals surface area contributed by atoms with Gasteiger partial charge in [0, 0.05) is 25.3 Å². The van der Waals surface area contributed by atoms with Crippen LogP contribution in [-0.4, -0.2) is 57.0 Å². The van der Waals surface area contributed by atoms with Crippen LogP contribution in [0.3, 0.4) is 0 Å².